The van der Waals surface area contributed by atoms with Crippen molar-refractivity contribution < 1.29 is 23.5 Å². The molecule has 2 aliphatic heterocycles. The molecule has 12 heteroatoms. The fraction of sp³-hybridized carbons (Fsp3) is 0.357. The van der Waals surface area contributed by atoms with Gasteiger partial charge in [-0.1, -0.05) is 48.0 Å². The second kappa shape index (κ2) is 10.7. The topological polar surface area (TPSA) is 131 Å². The van der Waals surface area contributed by atoms with Crippen LogP contribution < -0.4 is 9.46 Å². The SMILES string of the molecule is CC(C)NS(C)(=O)=Nc1ccc(-c2ccc(-c3nc4nc(O[C@@H]5COC6[C@H](O)CO[C@@H]65)[nH]c4cc3Cl)cc2)cc1. The zero-order chi connectivity index (χ0) is 28.0. The van der Waals surface area contributed by atoms with Gasteiger partial charge in [0, 0.05) is 17.9 Å². The van der Waals surface area contributed by atoms with Crippen molar-refractivity contribution in [1.29, 1.82) is 0 Å². The van der Waals surface area contributed by atoms with Crippen LogP contribution in [0.2, 0.25) is 5.02 Å². The molecule has 5 atom stereocenters. The van der Waals surface area contributed by atoms with Gasteiger partial charge < -0.3 is 24.3 Å². The first kappa shape index (κ1) is 27.1. The van der Waals surface area contributed by atoms with Crippen molar-refractivity contribution in [1.82, 2.24) is 19.7 Å². The van der Waals surface area contributed by atoms with E-state index in [0.29, 0.717) is 40.2 Å². The number of imidazole rings is 1. The Hall–Kier alpha value is -3.06. The highest BCUT2D eigenvalue weighted by Gasteiger charge is 2.48. The van der Waals surface area contributed by atoms with Crippen molar-refractivity contribution in [3.8, 4) is 28.4 Å². The fourth-order valence-corrected chi connectivity index (χ4v) is 6.75. The number of hydrogen-bond acceptors (Lipinski definition) is 8. The number of halogens is 1. The average molecular weight is 584 g/mol. The molecule has 2 aromatic carbocycles. The summed E-state index contributed by atoms with van der Waals surface area (Å²) in [4.78, 5) is 12.3. The number of hydrogen-bond donors (Lipinski definition) is 3. The molecule has 3 N–H and O–H groups in total. The van der Waals surface area contributed by atoms with Gasteiger partial charge in [0.25, 0.3) is 6.01 Å². The molecule has 0 radical (unpaired) electrons. The lowest BCUT2D eigenvalue weighted by Gasteiger charge is -2.15. The molecule has 40 heavy (non-hydrogen) atoms. The summed E-state index contributed by atoms with van der Waals surface area (Å²) in [6.07, 6.45) is -0.147. The minimum Gasteiger partial charge on any atom is -0.456 e. The minimum absolute atomic E-state index is 0.0730. The first-order chi connectivity index (χ1) is 19.1. The number of aromatic nitrogens is 3. The number of nitrogens with zero attached hydrogens (tertiary/aromatic N) is 3. The lowest BCUT2D eigenvalue weighted by atomic mass is 10.0. The standard InChI is InChI=1S/C28H30ClN5O5S/c1-15(2)33-40(3,36)34-19-10-8-17(9-11-19)16-4-6-18(7-5-16)24-20(29)12-21-27(31-24)32-28(30-21)39-23-14-38-25-22(35)13-37-26(23)25/h4-12,15,22-23,25-26,35H,13-14H2,1-3H3,(H,30,31,32)(H,33,34,36)/t22-,23-,25?,26-,40?/m1/s1. The zero-order valence-corrected chi connectivity index (χ0v) is 23.8. The number of H-pyrrole nitrogens is 1. The Kier molecular flexibility index (Phi) is 7.28. The summed E-state index contributed by atoms with van der Waals surface area (Å²) in [6, 6.07) is 17.7. The highest BCUT2D eigenvalue weighted by atomic mass is 35.5. The Morgan fingerprint density at radius 3 is 2.40 bits per heavy atom. The predicted octanol–water partition coefficient (Wildman–Crippen LogP) is 4.49. The molecule has 4 aromatic rings. The molecular formula is C28H30ClN5O5S. The quantitative estimate of drug-likeness (QED) is 0.292. The molecule has 0 spiro atoms. The van der Waals surface area contributed by atoms with Gasteiger partial charge in [-0.2, -0.15) is 9.35 Å². The van der Waals surface area contributed by atoms with Gasteiger partial charge in [-0.15, -0.1) is 0 Å². The third-order valence-electron chi connectivity index (χ3n) is 6.74. The van der Waals surface area contributed by atoms with Crippen LogP contribution in [0.25, 0.3) is 33.5 Å². The summed E-state index contributed by atoms with van der Waals surface area (Å²) >= 11 is 6.61. The van der Waals surface area contributed by atoms with Gasteiger partial charge in [0.15, 0.2) is 11.8 Å². The highest BCUT2D eigenvalue weighted by molar-refractivity contribution is 7.91. The van der Waals surface area contributed by atoms with Crippen molar-refractivity contribution in [2.24, 2.45) is 4.36 Å². The Balaban J connectivity index is 1.19. The molecule has 0 saturated carbocycles. The van der Waals surface area contributed by atoms with Crippen LogP contribution in [0.5, 0.6) is 6.01 Å². The molecule has 2 unspecified atom stereocenters. The fourth-order valence-electron chi connectivity index (χ4n) is 5.04. The number of pyridine rings is 1. The maximum absolute atomic E-state index is 12.6. The number of benzene rings is 2. The van der Waals surface area contributed by atoms with Crippen LogP contribution in [-0.2, 0) is 19.4 Å². The number of fused-ring (bicyclic) bond motifs is 2. The summed E-state index contributed by atoms with van der Waals surface area (Å²) in [5.74, 6) is 0. The lowest BCUT2D eigenvalue weighted by molar-refractivity contribution is 0.00706. The van der Waals surface area contributed by atoms with E-state index >= 15 is 0 Å². The molecule has 210 valence electrons. The van der Waals surface area contributed by atoms with Crippen LogP contribution >= 0.6 is 11.6 Å². The van der Waals surface area contributed by atoms with Crippen LogP contribution in [-0.4, -0.2) is 74.2 Å². The van der Waals surface area contributed by atoms with E-state index in [9.17, 15) is 9.32 Å². The van der Waals surface area contributed by atoms with Gasteiger partial charge in [-0.3, -0.25) is 0 Å². The van der Waals surface area contributed by atoms with E-state index in [1.165, 1.54) is 0 Å². The molecule has 2 saturated heterocycles. The minimum atomic E-state index is -2.51. The molecular weight excluding hydrogens is 554 g/mol. The number of aliphatic hydroxyl groups excluding tert-OH is 1. The zero-order valence-electron chi connectivity index (χ0n) is 22.2. The highest BCUT2D eigenvalue weighted by Crippen LogP contribution is 2.33. The monoisotopic (exact) mass is 583 g/mol. The van der Waals surface area contributed by atoms with Crippen LogP contribution in [0, 0.1) is 0 Å². The van der Waals surface area contributed by atoms with E-state index < -0.39 is 16.0 Å². The Bertz CT molecular complexity index is 1650. The summed E-state index contributed by atoms with van der Waals surface area (Å²) in [6.45, 7) is 4.41. The van der Waals surface area contributed by atoms with E-state index in [1.54, 1.807) is 12.3 Å². The molecule has 2 aromatic heterocycles. The second-order valence-corrected chi connectivity index (χ2v) is 12.8. The number of nitrogens with one attached hydrogen (secondary N) is 2. The lowest BCUT2D eigenvalue weighted by Crippen LogP contribution is -2.34. The van der Waals surface area contributed by atoms with Crippen LogP contribution in [0.4, 0.5) is 5.69 Å². The second-order valence-electron chi connectivity index (χ2n) is 10.3. The molecule has 2 fully saturated rings. The van der Waals surface area contributed by atoms with E-state index in [4.69, 9.17) is 25.8 Å². The number of rotatable bonds is 7. The Morgan fingerprint density at radius 1 is 1.05 bits per heavy atom. The van der Waals surface area contributed by atoms with E-state index in [2.05, 4.69) is 24.0 Å². The third kappa shape index (κ3) is 5.58. The smallest absolute Gasteiger partial charge is 0.296 e. The van der Waals surface area contributed by atoms with E-state index in [0.717, 1.165) is 16.7 Å². The number of aromatic amines is 1. The van der Waals surface area contributed by atoms with Gasteiger partial charge in [-0.25, -0.2) is 13.9 Å². The van der Waals surface area contributed by atoms with Crippen LogP contribution in [0.3, 0.4) is 0 Å². The molecule has 0 bridgehead atoms. The van der Waals surface area contributed by atoms with Gasteiger partial charge >= 0.3 is 0 Å². The molecule has 4 heterocycles. The third-order valence-corrected chi connectivity index (χ3v) is 8.50. The average Bonchev–Trinajstić information content (AvgIpc) is 3.59. The molecule has 2 aliphatic rings. The van der Waals surface area contributed by atoms with Gasteiger partial charge in [-0.05, 0) is 43.2 Å². The van der Waals surface area contributed by atoms with Crippen molar-refractivity contribution in [2.45, 2.75) is 44.3 Å². The van der Waals surface area contributed by atoms with E-state index in [1.807, 2.05) is 62.4 Å². The Labute approximate surface area is 237 Å². The first-order valence-electron chi connectivity index (χ1n) is 13.0. The number of aliphatic hydroxyl groups is 1. The largest absolute Gasteiger partial charge is 0.456 e. The molecule has 6 rings (SSSR count). The summed E-state index contributed by atoms with van der Waals surface area (Å²) < 4.78 is 37.2. The molecule has 0 aliphatic carbocycles. The van der Waals surface area contributed by atoms with Crippen molar-refractivity contribution in [3.63, 3.8) is 0 Å². The maximum Gasteiger partial charge on any atom is 0.296 e. The summed E-state index contributed by atoms with van der Waals surface area (Å²) in [5, 5.41) is 10.4. The van der Waals surface area contributed by atoms with Gasteiger partial charge in [0.1, 0.15) is 28.2 Å². The summed E-state index contributed by atoms with van der Waals surface area (Å²) in [7, 11) is -2.51. The Morgan fingerprint density at radius 2 is 1.70 bits per heavy atom. The van der Waals surface area contributed by atoms with Crippen molar-refractivity contribution in [3.05, 3.63) is 59.6 Å². The number of ether oxygens (including phenoxy) is 3. The normalized spacial score (nSPS) is 23.9. The molecule has 10 nitrogen and oxygen atoms in total. The first-order valence-corrected chi connectivity index (χ1v) is 15.3. The van der Waals surface area contributed by atoms with Crippen LogP contribution in [0.15, 0.2) is 59.0 Å². The van der Waals surface area contributed by atoms with E-state index in [-0.39, 0.29) is 31.0 Å². The molecule has 0 amide bonds. The van der Waals surface area contributed by atoms with Crippen molar-refractivity contribution >= 4 is 38.4 Å². The van der Waals surface area contributed by atoms with Gasteiger partial charge in [0.2, 0.25) is 0 Å². The maximum atomic E-state index is 12.6. The predicted molar refractivity (Wildman–Crippen MR) is 154 cm³/mol. The van der Waals surface area contributed by atoms with Crippen LogP contribution in [0.1, 0.15) is 13.8 Å². The summed E-state index contributed by atoms with van der Waals surface area (Å²) in [5.41, 5.74) is 5.24. The van der Waals surface area contributed by atoms with Gasteiger partial charge in [0.05, 0.1) is 35.1 Å². The van der Waals surface area contributed by atoms with Crippen molar-refractivity contribution in [2.75, 3.05) is 19.5 Å².